The minimum Gasteiger partial charge on any atom is -0.484 e. The van der Waals surface area contributed by atoms with E-state index in [-0.39, 0.29) is 29.0 Å². The van der Waals surface area contributed by atoms with Crippen molar-refractivity contribution in [1.29, 1.82) is 0 Å². The molecular weight excluding hydrogens is 486 g/mol. The number of aryl methyl sites for hydroxylation is 2. The molecule has 0 radical (unpaired) electrons. The number of hydrogen-bond donors (Lipinski definition) is 0. The van der Waals surface area contributed by atoms with Crippen LogP contribution in [0.1, 0.15) is 28.4 Å². The number of halogens is 6. The molecule has 0 bridgehead atoms. The van der Waals surface area contributed by atoms with Crippen molar-refractivity contribution in [3.63, 3.8) is 0 Å². The van der Waals surface area contributed by atoms with Gasteiger partial charge in [-0.15, -0.1) is 0 Å². The first-order valence-corrected chi connectivity index (χ1v) is 10.0. The maximum Gasteiger partial charge on any atom is 0.422 e. The number of esters is 2. The van der Waals surface area contributed by atoms with E-state index < -0.39 is 43.6 Å². The molecule has 1 unspecified atom stereocenters. The Balaban J connectivity index is 2.11. The minimum atomic E-state index is -4.53. The molecule has 1 atom stereocenters. The molecule has 0 amide bonds. The zero-order chi connectivity index (χ0) is 26.4. The smallest absolute Gasteiger partial charge is 0.422 e. The van der Waals surface area contributed by atoms with Gasteiger partial charge in [-0.3, -0.25) is 4.79 Å². The minimum absolute atomic E-state index is 0.00446. The summed E-state index contributed by atoms with van der Waals surface area (Å²) in [5, 5.41) is 0. The topological polar surface area (TPSA) is 71.1 Å². The van der Waals surface area contributed by atoms with Gasteiger partial charge in [0, 0.05) is 5.56 Å². The molecule has 0 aliphatic rings. The molecule has 0 heterocycles. The van der Waals surface area contributed by atoms with Crippen LogP contribution in [0.4, 0.5) is 26.3 Å². The number of benzene rings is 2. The molecule has 0 aliphatic heterocycles. The first kappa shape index (κ1) is 27.8. The SMILES string of the molecule is COC(=O)C(OC(=O)Cc1ccc(OCC(F)(F)F)c(C)c1)c1ccc(OCC(F)(F)F)c(C)c1. The molecular formula is C23H22F6O6. The highest BCUT2D eigenvalue weighted by Gasteiger charge is 2.30. The highest BCUT2D eigenvalue weighted by atomic mass is 19.4. The van der Waals surface area contributed by atoms with E-state index in [2.05, 4.69) is 4.74 Å². The van der Waals surface area contributed by atoms with Gasteiger partial charge in [-0.05, 0) is 48.7 Å². The summed E-state index contributed by atoms with van der Waals surface area (Å²) in [6.45, 7) is -0.00289. The van der Waals surface area contributed by atoms with Crippen molar-refractivity contribution in [1.82, 2.24) is 0 Å². The fourth-order valence-electron chi connectivity index (χ4n) is 3.00. The van der Waals surface area contributed by atoms with Gasteiger partial charge in [0.1, 0.15) is 11.5 Å². The van der Waals surface area contributed by atoms with E-state index in [1.165, 1.54) is 50.2 Å². The van der Waals surface area contributed by atoms with Crippen LogP contribution in [-0.2, 0) is 25.5 Å². The van der Waals surface area contributed by atoms with Crippen LogP contribution in [0.2, 0.25) is 0 Å². The first-order chi connectivity index (χ1) is 16.2. The Labute approximate surface area is 196 Å². The summed E-state index contributed by atoms with van der Waals surface area (Å²) in [6, 6.07) is 7.91. The number of rotatable bonds is 9. The lowest BCUT2D eigenvalue weighted by atomic mass is 10.1. The Morgan fingerprint density at radius 2 is 1.34 bits per heavy atom. The summed E-state index contributed by atoms with van der Waals surface area (Å²) in [5.74, 6) is -1.84. The van der Waals surface area contributed by atoms with Crippen LogP contribution in [0.3, 0.4) is 0 Å². The Morgan fingerprint density at radius 1 is 0.829 bits per heavy atom. The van der Waals surface area contributed by atoms with Crippen LogP contribution in [0.25, 0.3) is 0 Å². The summed E-state index contributed by atoms with van der Waals surface area (Å²) in [5.41, 5.74) is 1.16. The van der Waals surface area contributed by atoms with Crippen molar-refractivity contribution >= 4 is 11.9 Å². The lowest BCUT2D eigenvalue weighted by molar-refractivity contribution is -0.166. The zero-order valence-corrected chi connectivity index (χ0v) is 18.9. The quantitative estimate of drug-likeness (QED) is 0.343. The predicted molar refractivity (Wildman–Crippen MR) is 110 cm³/mol. The molecule has 192 valence electrons. The van der Waals surface area contributed by atoms with Crippen molar-refractivity contribution in [3.05, 3.63) is 58.7 Å². The van der Waals surface area contributed by atoms with Crippen LogP contribution < -0.4 is 9.47 Å². The average molecular weight is 508 g/mol. The van der Waals surface area contributed by atoms with Crippen LogP contribution >= 0.6 is 0 Å². The molecule has 0 spiro atoms. The third-order valence-electron chi connectivity index (χ3n) is 4.54. The van der Waals surface area contributed by atoms with E-state index in [9.17, 15) is 35.9 Å². The summed E-state index contributed by atoms with van der Waals surface area (Å²) in [6.07, 6.45) is -10.9. The zero-order valence-electron chi connectivity index (χ0n) is 18.9. The maximum absolute atomic E-state index is 12.5. The normalized spacial score (nSPS) is 12.6. The standard InChI is InChI=1S/C23H22F6O6/c1-13-8-15(4-6-17(13)33-11-22(24,25)26)10-19(30)35-20(21(31)32-3)16-5-7-18(14(2)9-16)34-12-23(27,28)29/h4-9,20H,10-12H2,1-3H3. The second-order valence-electron chi connectivity index (χ2n) is 7.50. The number of carbonyl (C=O) groups is 2. The summed E-state index contributed by atoms with van der Waals surface area (Å²) in [4.78, 5) is 24.7. The van der Waals surface area contributed by atoms with Crippen molar-refractivity contribution < 1.29 is 54.9 Å². The van der Waals surface area contributed by atoms with Gasteiger partial charge in [-0.2, -0.15) is 26.3 Å². The molecule has 6 nitrogen and oxygen atoms in total. The van der Waals surface area contributed by atoms with Crippen LogP contribution in [0, 0.1) is 13.8 Å². The van der Waals surface area contributed by atoms with E-state index in [1.807, 2.05) is 0 Å². The van der Waals surface area contributed by atoms with E-state index in [1.54, 1.807) is 0 Å². The molecule has 35 heavy (non-hydrogen) atoms. The largest absolute Gasteiger partial charge is 0.484 e. The van der Waals surface area contributed by atoms with Gasteiger partial charge >= 0.3 is 24.3 Å². The van der Waals surface area contributed by atoms with Crippen LogP contribution in [-0.4, -0.2) is 44.6 Å². The average Bonchev–Trinajstić information content (AvgIpc) is 2.74. The van der Waals surface area contributed by atoms with Crippen molar-refractivity contribution in [2.24, 2.45) is 0 Å². The molecule has 2 aromatic carbocycles. The first-order valence-electron chi connectivity index (χ1n) is 10.0. The van der Waals surface area contributed by atoms with Gasteiger partial charge in [0.25, 0.3) is 0 Å². The van der Waals surface area contributed by atoms with Gasteiger partial charge in [0.15, 0.2) is 13.2 Å². The lowest BCUT2D eigenvalue weighted by Crippen LogP contribution is -2.22. The third kappa shape index (κ3) is 9.02. The lowest BCUT2D eigenvalue weighted by Gasteiger charge is -2.18. The maximum atomic E-state index is 12.5. The molecule has 0 saturated heterocycles. The molecule has 0 saturated carbocycles. The summed E-state index contributed by atoms with van der Waals surface area (Å²) in [7, 11) is 1.07. The molecule has 0 N–H and O–H groups in total. The number of carbonyl (C=O) groups excluding carboxylic acids is 2. The highest BCUT2D eigenvalue weighted by molar-refractivity contribution is 5.81. The second kappa shape index (κ2) is 11.3. The molecule has 2 aromatic rings. The molecule has 12 heteroatoms. The second-order valence-corrected chi connectivity index (χ2v) is 7.50. The number of alkyl halides is 6. The van der Waals surface area contributed by atoms with Gasteiger partial charge in [-0.1, -0.05) is 18.2 Å². The number of methoxy groups -OCH3 is 1. The molecule has 0 aliphatic carbocycles. The summed E-state index contributed by atoms with van der Waals surface area (Å²) < 4.78 is 93.5. The predicted octanol–water partition coefficient (Wildman–Crippen LogP) is 5.19. The molecule has 0 aromatic heterocycles. The van der Waals surface area contributed by atoms with E-state index in [0.717, 1.165) is 7.11 Å². The van der Waals surface area contributed by atoms with E-state index in [0.29, 0.717) is 11.1 Å². The Morgan fingerprint density at radius 3 is 1.80 bits per heavy atom. The molecule has 2 rings (SSSR count). The monoisotopic (exact) mass is 508 g/mol. The third-order valence-corrected chi connectivity index (χ3v) is 4.54. The van der Waals surface area contributed by atoms with Gasteiger partial charge in [0.05, 0.1) is 13.5 Å². The number of ether oxygens (including phenoxy) is 4. The van der Waals surface area contributed by atoms with Crippen molar-refractivity contribution in [2.75, 3.05) is 20.3 Å². The van der Waals surface area contributed by atoms with Crippen LogP contribution in [0.15, 0.2) is 36.4 Å². The van der Waals surface area contributed by atoms with Gasteiger partial charge in [0.2, 0.25) is 6.10 Å². The van der Waals surface area contributed by atoms with Crippen molar-refractivity contribution in [3.8, 4) is 11.5 Å². The summed E-state index contributed by atoms with van der Waals surface area (Å²) >= 11 is 0. The van der Waals surface area contributed by atoms with Gasteiger partial charge < -0.3 is 18.9 Å². The number of hydrogen-bond acceptors (Lipinski definition) is 6. The highest BCUT2D eigenvalue weighted by Crippen LogP contribution is 2.28. The van der Waals surface area contributed by atoms with Crippen LogP contribution in [0.5, 0.6) is 11.5 Å². The molecule has 0 fully saturated rings. The Bertz CT molecular complexity index is 1050. The van der Waals surface area contributed by atoms with Crippen molar-refractivity contribution in [2.45, 2.75) is 38.7 Å². The van der Waals surface area contributed by atoms with E-state index in [4.69, 9.17) is 14.2 Å². The van der Waals surface area contributed by atoms with Gasteiger partial charge in [-0.25, -0.2) is 4.79 Å². The Hall–Kier alpha value is -3.44. The fourth-order valence-corrected chi connectivity index (χ4v) is 3.00. The fraction of sp³-hybridized carbons (Fsp3) is 0.391. The Kier molecular flexibility index (Phi) is 9.00. The van der Waals surface area contributed by atoms with E-state index >= 15 is 0 Å².